The van der Waals surface area contributed by atoms with Gasteiger partial charge in [-0.2, -0.15) is 5.26 Å². The number of halogens is 1. The van der Waals surface area contributed by atoms with Crippen LogP contribution in [-0.2, 0) is 11.2 Å². The summed E-state index contributed by atoms with van der Waals surface area (Å²) < 4.78 is 20.7. The highest BCUT2D eigenvalue weighted by atomic mass is 19.1. The normalized spacial score (nSPS) is 10.7. The van der Waals surface area contributed by atoms with E-state index in [1.165, 1.54) is 12.1 Å². The number of hydrogen-bond acceptors (Lipinski definition) is 4. The molecule has 0 amide bonds. The van der Waals surface area contributed by atoms with Gasteiger partial charge in [0.2, 0.25) is 0 Å². The second-order valence-electron chi connectivity index (χ2n) is 6.76. The molecular weight excluding hydrogens is 381 g/mol. The number of fused-ring (bicyclic) bond motifs is 1. The van der Waals surface area contributed by atoms with Gasteiger partial charge in [0, 0.05) is 12.1 Å². The zero-order chi connectivity index (χ0) is 21.1. The molecule has 6 heteroatoms. The number of rotatable bonds is 5. The van der Waals surface area contributed by atoms with Gasteiger partial charge in [-0.3, -0.25) is 4.57 Å². The number of nitrogens with zero attached hydrogens (tertiary/aromatic N) is 3. The van der Waals surface area contributed by atoms with Crippen LogP contribution in [0.25, 0.3) is 16.7 Å². The zero-order valence-corrected chi connectivity index (χ0v) is 16.3. The molecule has 4 aromatic rings. The van der Waals surface area contributed by atoms with Crippen molar-refractivity contribution >= 4 is 17.0 Å². The van der Waals surface area contributed by atoms with Crippen LogP contribution in [0.3, 0.4) is 0 Å². The number of esters is 1. The average molecular weight is 399 g/mol. The Balaban J connectivity index is 1.88. The van der Waals surface area contributed by atoms with Gasteiger partial charge in [-0.05, 0) is 61.0 Å². The summed E-state index contributed by atoms with van der Waals surface area (Å²) in [7, 11) is 0. The zero-order valence-electron chi connectivity index (χ0n) is 16.3. The number of imidazole rings is 1. The maximum absolute atomic E-state index is 13.7. The molecule has 5 nitrogen and oxygen atoms in total. The van der Waals surface area contributed by atoms with E-state index in [2.05, 4.69) is 6.07 Å². The molecule has 0 radical (unpaired) electrons. The number of nitriles is 1. The largest absolute Gasteiger partial charge is 0.462 e. The highest BCUT2D eigenvalue weighted by Gasteiger charge is 2.16. The Bertz CT molecular complexity index is 1290. The molecule has 0 fully saturated rings. The maximum atomic E-state index is 13.7. The minimum absolute atomic E-state index is 0.291. The van der Waals surface area contributed by atoms with Crippen LogP contribution < -0.4 is 0 Å². The fourth-order valence-electron chi connectivity index (χ4n) is 3.42. The molecule has 0 aliphatic carbocycles. The summed E-state index contributed by atoms with van der Waals surface area (Å²) in [5, 5.41) is 9.23. The standard InChI is InChI=1S/C24H18FN3O2/c1-2-30-24(29)18-6-4-8-20(14-18)28-22-10-9-17(15-26)12-21(22)27-23(28)13-16-5-3-7-19(25)11-16/h3-12,14H,2,13H2,1H3. The Morgan fingerprint density at radius 3 is 2.73 bits per heavy atom. The molecule has 30 heavy (non-hydrogen) atoms. The van der Waals surface area contributed by atoms with Gasteiger partial charge in [-0.1, -0.05) is 18.2 Å². The number of carbonyl (C=O) groups excluding carboxylic acids is 1. The lowest BCUT2D eigenvalue weighted by Gasteiger charge is -2.11. The minimum atomic E-state index is -0.401. The van der Waals surface area contributed by atoms with Gasteiger partial charge in [0.25, 0.3) is 0 Å². The van der Waals surface area contributed by atoms with Crippen molar-refractivity contribution in [2.45, 2.75) is 13.3 Å². The summed E-state index contributed by atoms with van der Waals surface area (Å²) >= 11 is 0. The molecule has 4 rings (SSSR count). The van der Waals surface area contributed by atoms with Gasteiger partial charge >= 0.3 is 5.97 Å². The van der Waals surface area contributed by atoms with E-state index in [-0.39, 0.29) is 5.82 Å². The second-order valence-corrected chi connectivity index (χ2v) is 6.76. The van der Waals surface area contributed by atoms with E-state index in [9.17, 15) is 14.4 Å². The Hall–Kier alpha value is -3.98. The van der Waals surface area contributed by atoms with Crippen LogP contribution >= 0.6 is 0 Å². The van der Waals surface area contributed by atoms with Crippen molar-refractivity contribution in [2.75, 3.05) is 6.61 Å². The van der Waals surface area contributed by atoms with E-state index in [1.54, 1.807) is 43.3 Å². The minimum Gasteiger partial charge on any atom is -0.462 e. The lowest BCUT2D eigenvalue weighted by Crippen LogP contribution is -2.07. The summed E-state index contributed by atoms with van der Waals surface area (Å²) in [6.07, 6.45) is 0.387. The lowest BCUT2D eigenvalue weighted by molar-refractivity contribution is 0.0526. The average Bonchev–Trinajstić information content (AvgIpc) is 3.10. The topological polar surface area (TPSA) is 67.9 Å². The van der Waals surface area contributed by atoms with Crippen LogP contribution in [0.15, 0.2) is 66.7 Å². The number of benzene rings is 3. The van der Waals surface area contributed by atoms with E-state index < -0.39 is 5.97 Å². The summed E-state index contributed by atoms with van der Waals surface area (Å²) in [4.78, 5) is 16.9. The predicted molar refractivity (Wildman–Crippen MR) is 111 cm³/mol. The Labute approximate surface area is 173 Å². The quantitative estimate of drug-likeness (QED) is 0.452. The molecule has 0 spiro atoms. The highest BCUT2D eigenvalue weighted by molar-refractivity contribution is 5.90. The van der Waals surface area contributed by atoms with Crippen molar-refractivity contribution in [3.63, 3.8) is 0 Å². The Kier molecular flexibility index (Phi) is 5.27. The van der Waals surface area contributed by atoms with Crippen LogP contribution in [0.5, 0.6) is 0 Å². The summed E-state index contributed by atoms with van der Waals surface area (Å²) in [5.74, 6) is -0.0415. The molecule has 0 N–H and O–H groups in total. The van der Waals surface area contributed by atoms with Crippen molar-refractivity contribution in [3.8, 4) is 11.8 Å². The van der Waals surface area contributed by atoms with Crippen molar-refractivity contribution < 1.29 is 13.9 Å². The van der Waals surface area contributed by atoms with Gasteiger partial charge in [-0.15, -0.1) is 0 Å². The molecule has 0 saturated carbocycles. The van der Waals surface area contributed by atoms with E-state index in [1.807, 2.05) is 22.8 Å². The summed E-state index contributed by atoms with van der Waals surface area (Å²) in [6, 6.07) is 20.8. The molecule has 0 aliphatic heterocycles. The first-order valence-electron chi connectivity index (χ1n) is 9.52. The van der Waals surface area contributed by atoms with Gasteiger partial charge in [0.15, 0.2) is 0 Å². The first-order chi connectivity index (χ1) is 14.6. The fraction of sp³-hybridized carbons (Fsp3) is 0.125. The highest BCUT2D eigenvalue weighted by Crippen LogP contribution is 2.25. The van der Waals surface area contributed by atoms with E-state index in [4.69, 9.17) is 9.72 Å². The maximum Gasteiger partial charge on any atom is 0.338 e. The smallest absolute Gasteiger partial charge is 0.338 e. The molecule has 0 atom stereocenters. The third-order valence-electron chi connectivity index (χ3n) is 4.72. The third-order valence-corrected chi connectivity index (χ3v) is 4.72. The van der Waals surface area contributed by atoms with Gasteiger partial charge in [0.1, 0.15) is 11.6 Å². The van der Waals surface area contributed by atoms with Crippen molar-refractivity contribution in [1.29, 1.82) is 5.26 Å². The Morgan fingerprint density at radius 2 is 1.97 bits per heavy atom. The van der Waals surface area contributed by atoms with E-state index in [0.29, 0.717) is 35.5 Å². The molecule has 0 aliphatic rings. The molecule has 148 valence electrons. The lowest BCUT2D eigenvalue weighted by atomic mass is 10.1. The number of aromatic nitrogens is 2. The molecule has 0 unspecified atom stereocenters. The number of hydrogen-bond donors (Lipinski definition) is 0. The third kappa shape index (κ3) is 3.78. The molecule has 3 aromatic carbocycles. The predicted octanol–water partition coefficient (Wildman–Crippen LogP) is 4.80. The van der Waals surface area contributed by atoms with Crippen LogP contribution in [0, 0.1) is 17.1 Å². The monoisotopic (exact) mass is 399 g/mol. The number of carbonyl (C=O) groups is 1. The molecule has 0 bridgehead atoms. The molecular formula is C24H18FN3O2. The summed E-state index contributed by atoms with van der Waals surface area (Å²) in [6.45, 7) is 2.05. The van der Waals surface area contributed by atoms with Crippen LogP contribution in [-0.4, -0.2) is 22.1 Å². The van der Waals surface area contributed by atoms with Gasteiger partial charge in [-0.25, -0.2) is 14.2 Å². The SMILES string of the molecule is CCOC(=O)c1cccc(-n2c(Cc3cccc(F)c3)nc3cc(C#N)ccc32)c1. The second kappa shape index (κ2) is 8.18. The first kappa shape index (κ1) is 19.3. The van der Waals surface area contributed by atoms with E-state index in [0.717, 1.165) is 16.8 Å². The number of ether oxygens (including phenoxy) is 1. The van der Waals surface area contributed by atoms with Crippen LogP contribution in [0.1, 0.15) is 34.2 Å². The Morgan fingerprint density at radius 1 is 1.13 bits per heavy atom. The molecule has 0 saturated heterocycles. The van der Waals surface area contributed by atoms with Crippen LogP contribution in [0.2, 0.25) is 0 Å². The summed E-state index contributed by atoms with van der Waals surface area (Å²) in [5.41, 5.74) is 3.89. The molecule has 1 heterocycles. The molecule has 1 aromatic heterocycles. The fourth-order valence-corrected chi connectivity index (χ4v) is 3.42. The van der Waals surface area contributed by atoms with Crippen molar-refractivity contribution in [2.24, 2.45) is 0 Å². The van der Waals surface area contributed by atoms with Crippen molar-refractivity contribution in [1.82, 2.24) is 9.55 Å². The van der Waals surface area contributed by atoms with Crippen LogP contribution in [0.4, 0.5) is 4.39 Å². The van der Waals surface area contributed by atoms with Gasteiger partial charge < -0.3 is 4.74 Å². The first-order valence-corrected chi connectivity index (χ1v) is 9.52. The van der Waals surface area contributed by atoms with E-state index >= 15 is 0 Å². The van der Waals surface area contributed by atoms with Crippen molar-refractivity contribution in [3.05, 3.63) is 95.1 Å². The van der Waals surface area contributed by atoms with Gasteiger partial charge in [0.05, 0.1) is 34.8 Å².